The molecule has 0 saturated carbocycles. The molecule has 0 radical (unpaired) electrons. The highest BCUT2D eigenvalue weighted by Crippen LogP contribution is 2.31. The Balaban J connectivity index is 1.58. The number of primary sulfonamides is 1. The van der Waals surface area contributed by atoms with Crippen molar-refractivity contribution in [2.24, 2.45) is 5.14 Å². The fraction of sp³-hybridized carbons (Fsp3) is 0.138. The maximum atomic E-state index is 12.5. The largest absolute Gasteiger partial charge is 0.324 e. The molecule has 6 heteroatoms. The molecule has 0 fully saturated rings. The Morgan fingerprint density at radius 1 is 0.829 bits per heavy atom. The summed E-state index contributed by atoms with van der Waals surface area (Å²) in [6.07, 6.45) is 0.511. The lowest BCUT2D eigenvalue weighted by atomic mass is 9.85. The molecule has 1 aromatic heterocycles. The van der Waals surface area contributed by atoms with E-state index in [9.17, 15) is 8.42 Å². The Hall–Kier alpha value is -3.74. The number of nitrogens with zero attached hydrogens (tertiary/aromatic N) is 2. The molecule has 176 valence electrons. The van der Waals surface area contributed by atoms with Gasteiger partial charge in [0.25, 0.3) is 0 Å². The third-order valence-electron chi connectivity index (χ3n) is 6.45. The van der Waals surface area contributed by atoms with Crippen LogP contribution < -0.4 is 5.14 Å². The molecule has 1 heterocycles. The fourth-order valence-corrected chi connectivity index (χ4v) is 5.53. The molecule has 5 rings (SSSR count). The quantitative estimate of drug-likeness (QED) is 0.337. The maximum Gasteiger partial charge on any atom is 0.238 e. The molecule has 35 heavy (non-hydrogen) atoms. The second-order valence-electron chi connectivity index (χ2n) is 8.80. The minimum atomic E-state index is -3.88. The Labute approximate surface area is 205 Å². The van der Waals surface area contributed by atoms with E-state index in [4.69, 9.17) is 5.14 Å². The molecule has 0 spiro atoms. The third kappa shape index (κ3) is 4.90. The SMILES string of the molecule is Cc1nc2ccccc2n1Cc1ccc(S(N)(=O)=O)c(CC(c2ccccc2)c2ccccc2)c1. The summed E-state index contributed by atoms with van der Waals surface area (Å²) in [5, 5.41) is 5.65. The second-order valence-corrected chi connectivity index (χ2v) is 10.3. The number of nitrogens with two attached hydrogens (primary N) is 1. The van der Waals surface area contributed by atoms with Gasteiger partial charge in [-0.3, -0.25) is 0 Å². The highest BCUT2D eigenvalue weighted by molar-refractivity contribution is 7.89. The summed E-state index contributed by atoms with van der Waals surface area (Å²) in [5.74, 6) is 0.902. The van der Waals surface area contributed by atoms with E-state index in [1.165, 1.54) is 0 Å². The summed E-state index contributed by atoms with van der Waals surface area (Å²) in [7, 11) is -3.88. The second kappa shape index (κ2) is 9.49. The maximum absolute atomic E-state index is 12.5. The van der Waals surface area contributed by atoms with Crippen LogP contribution in [0.25, 0.3) is 11.0 Å². The van der Waals surface area contributed by atoms with Crippen molar-refractivity contribution in [1.29, 1.82) is 0 Å². The van der Waals surface area contributed by atoms with Crippen molar-refractivity contribution in [3.63, 3.8) is 0 Å². The molecule has 0 aliphatic heterocycles. The van der Waals surface area contributed by atoms with E-state index < -0.39 is 10.0 Å². The predicted molar refractivity (Wildman–Crippen MR) is 140 cm³/mol. The van der Waals surface area contributed by atoms with Crippen molar-refractivity contribution < 1.29 is 8.42 Å². The normalized spacial score (nSPS) is 11.9. The van der Waals surface area contributed by atoms with Gasteiger partial charge in [0.15, 0.2) is 0 Å². The molecule has 0 unspecified atom stereocenters. The van der Waals surface area contributed by atoms with Crippen LogP contribution in [0.15, 0.2) is 108 Å². The van der Waals surface area contributed by atoms with E-state index in [-0.39, 0.29) is 10.8 Å². The number of fused-ring (bicyclic) bond motifs is 1. The lowest BCUT2D eigenvalue weighted by Gasteiger charge is -2.20. The number of hydrogen-bond donors (Lipinski definition) is 1. The minimum Gasteiger partial charge on any atom is -0.324 e. The van der Waals surface area contributed by atoms with Crippen LogP contribution in [0.4, 0.5) is 0 Å². The molecule has 2 N–H and O–H groups in total. The summed E-state index contributed by atoms with van der Waals surface area (Å²) in [6.45, 7) is 2.58. The van der Waals surface area contributed by atoms with Crippen LogP contribution in [0.3, 0.4) is 0 Å². The Kier molecular flexibility index (Phi) is 6.24. The number of hydrogen-bond acceptors (Lipinski definition) is 3. The van der Waals surface area contributed by atoms with Gasteiger partial charge in [-0.05, 0) is 53.8 Å². The van der Waals surface area contributed by atoms with Gasteiger partial charge in [0.2, 0.25) is 10.0 Å². The molecule has 0 aliphatic rings. The Morgan fingerprint density at radius 2 is 1.43 bits per heavy atom. The molecule has 0 amide bonds. The average Bonchev–Trinajstić information content (AvgIpc) is 3.18. The minimum absolute atomic E-state index is 0.0102. The van der Waals surface area contributed by atoms with Crippen LogP contribution in [0, 0.1) is 6.92 Å². The van der Waals surface area contributed by atoms with Gasteiger partial charge >= 0.3 is 0 Å². The van der Waals surface area contributed by atoms with E-state index in [0.29, 0.717) is 18.5 Å². The topological polar surface area (TPSA) is 78.0 Å². The molecule has 0 atom stereocenters. The highest BCUT2D eigenvalue weighted by atomic mass is 32.2. The van der Waals surface area contributed by atoms with Crippen LogP contribution in [0.5, 0.6) is 0 Å². The summed E-state index contributed by atoms with van der Waals surface area (Å²) < 4.78 is 27.2. The van der Waals surface area contributed by atoms with Crippen molar-refractivity contribution in [2.45, 2.75) is 30.7 Å². The smallest absolute Gasteiger partial charge is 0.238 e. The van der Waals surface area contributed by atoms with Crippen LogP contribution in [-0.2, 0) is 23.0 Å². The van der Waals surface area contributed by atoms with Gasteiger partial charge in [-0.1, -0.05) is 84.9 Å². The first kappa shape index (κ1) is 23.0. The molecular weight excluding hydrogens is 454 g/mol. The zero-order valence-corrected chi connectivity index (χ0v) is 20.3. The molecule has 0 aliphatic carbocycles. The van der Waals surface area contributed by atoms with Crippen molar-refractivity contribution in [3.8, 4) is 0 Å². The summed E-state index contributed by atoms with van der Waals surface area (Å²) in [4.78, 5) is 4.83. The summed E-state index contributed by atoms with van der Waals surface area (Å²) in [6, 6.07) is 33.8. The number of rotatable bonds is 7. The molecule has 4 aromatic carbocycles. The predicted octanol–water partition coefficient (Wildman–Crippen LogP) is 5.42. The zero-order valence-electron chi connectivity index (χ0n) is 19.5. The van der Waals surface area contributed by atoms with Crippen molar-refractivity contribution in [1.82, 2.24) is 9.55 Å². The van der Waals surface area contributed by atoms with Crippen LogP contribution >= 0.6 is 0 Å². The van der Waals surface area contributed by atoms with E-state index >= 15 is 0 Å². The van der Waals surface area contributed by atoms with E-state index in [0.717, 1.165) is 33.5 Å². The fourth-order valence-electron chi connectivity index (χ4n) is 4.77. The number of sulfonamides is 1. The first-order valence-electron chi connectivity index (χ1n) is 11.6. The molecule has 0 bridgehead atoms. The number of imidazole rings is 1. The van der Waals surface area contributed by atoms with Crippen LogP contribution in [0.2, 0.25) is 0 Å². The standard InChI is InChI=1S/C29H27N3O2S/c1-21-31-27-14-8-9-15-28(27)32(21)20-22-16-17-29(35(30,33)34)25(18-22)19-26(23-10-4-2-5-11-23)24-12-6-3-7-13-24/h2-18,26H,19-20H2,1H3,(H2,30,33,34). The van der Waals surface area contributed by atoms with Gasteiger partial charge in [-0.2, -0.15) is 0 Å². The number of para-hydroxylation sites is 2. The summed E-state index contributed by atoms with van der Waals surface area (Å²) >= 11 is 0. The zero-order chi connectivity index (χ0) is 24.4. The molecule has 5 nitrogen and oxygen atoms in total. The van der Waals surface area contributed by atoms with Gasteiger partial charge < -0.3 is 4.57 Å². The van der Waals surface area contributed by atoms with Gasteiger partial charge in [0.1, 0.15) is 5.82 Å². The number of benzene rings is 4. The van der Waals surface area contributed by atoms with Gasteiger partial charge in [0.05, 0.1) is 15.9 Å². The van der Waals surface area contributed by atoms with Crippen LogP contribution in [0.1, 0.15) is 34.0 Å². The van der Waals surface area contributed by atoms with Crippen LogP contribution in [-0.4, -0.2) is 18.0 Å². The lowest BCUT2D eigenvalue weighted by Crippen LogP contribution is -2.17. The number of aryl methyl sites for hydroxylation is 1. The van der Waals surface area contributed by atoms with Crippen molar-refractivity contribution >= 4 is 21.1 Å². The third-order valence-corrected chi connectivity index (χ3v) is 7.46. The average molecular weight is 482 g/mol. The summed E-state index contributed by atoms with van der Waals surface area (Å²) in [5.41, 5.74) is 5.96. The molecule has 5 aromatic rings. The first-order valence-corrected chi connectivity index (χ1v) is 13.1. The first-order chi connectivity index (χ1) is 16.9. The molecule has 0 saturated heterocycles. The molecular formula is C29H27N3O2S. The van der Waals surface area contributed by atoms with E-state index in [1.54, 1.807) is 6.07 Å². The Morgan fingerprint density at radius 3 is 2.06 bits per heavy atom. The van der Waals surface area contributed by atoms with Crippen molar-refractivity contribution in [2.75, 3.05) is 0 Å². The van der Waals surface area contributed by atoms with Gasteiger partial charge in [-0.25, -0.2) is 18.5 Å². The monoisotopic (exact) mass is 481 g/mol. The number of aromatic nitrogens is 2. The van der Waals surface area contributed by atoms with E-state index in [1.807, 2.05) is 73.7 Å². The van der Waals surface area contributed by atoms with Gasteiger partial charge in [0, 0.05) is 12.5 Å². The van der Waals surface area contributed by atoms with Crippen molar-refractivity contribution in [3.05, 3.63) is 131 Å². The highest BCUT2D eigenvalue weighted by Gasteiger charge is 2.21. The Bertz CT molecular complexity index is 1540. The lowest BCUT2D eigenvalue weighted by molar-refractivity contribution is 0.595. The van der Waals surface area contributed by atoms with E-state index in [2.05, 4.69) is 39.9 Å². The van der Waals surface area contributed by atoms with Gasteiger partial charge in [-0.15, -0.1) is 0 Å².